The van der Waals surface area contributed by atoms with Gasteiger partial charge in [0.1, 0.15) is 4.90 Å². The highest BCUT2D eigenvalue weighted by atomic mass is 35.5. The highest BCUT2D eigenvalue weighted by Crippen LogP contribution is 2.26. The topological polar surface area (TPSA) is 119 Å². The summed E-state index contributed by atoms with van der Waals surface area (Å²) in [5.41, 5.74) is 1.25. The number of amides is 1. The van der Waals surface area contributed by atoms with Gasteiger partial charge in [-0.2, -0.15) is 4.68 Å². The molecule has 0 unspecified atom stereocenters. The van der Waals surface area contributed by atoms with Crippen LogP contribution in [0.25, 0.3) is 5.69 Å². The molecule has 30 heavy (non-hydrogen) atoms. The van der Waals surface area contributed by atoms with E-state index in [2.05, 4.69) is 20.8 Å². The van der Waals surface area contributed by atoms with Gasteiger partial charge in [-0.15, -0.1) is 5.10 Å². The average Bonchev–Trinajstić information content (AvgIpc) is 3.22. The molecule has 0 aliphatic heterocycles. The fourth-order valence-corrected chi connectivity index (χ4v) is 4.37. The van der Waals surface area contributed by atoms with Crippen LogP contribution >= 0.6 is 23.4 Å². The molecule has 3 rings (SSSR count). The summed E-state index contributed by atoms with van der Waals surface area (Å²) in [6, 6.07) is 10.9. The molecule has 0 aliphatic rings. The maximum atomic E-state index is 12.7. The molecule has 3 aromatic rings. The van der Waals surface area contributed by atoms with E-state index in [1.54, 1.807) is 24.3 Å². The molecule has 0 bridgehead atoms. The molecule has 0 aliphatic carbocycles. The molecule has 13 heteroatoms. The summed E-state index contributed by atoms with van der Waals surface area (Å²) in [6.45, 7) is 0. The Balaban J connectivity index is 1.89. The Labute approximate surface area is 182 Å². The van der Waals surface area contributed by atoms with Crippen molar-refractivity contribution in [3.05, 3.63) is 53.1 Å². The number of halogens is 1. The van der Waals surface area contributed by atoms with Gasteiger partial charge in [-0.3, -0.25) is 9.63 Å². The molecule has 1 heterocycles. The number of benzene rings is 2. The van der Waals surface area contributed by atoms with Gasteiger partial charge in [-0.05, 0) is 53.1 Å². The summed E-state index contributed by atoms with van der Waals surface area (Å²) in [5, 5.41) is 14.8. The zero-order chi connectivity index (χ0) is 21.9. The zero-order valence-electron chi connectivity index (χ0n) is 16.1. The lowest BCUT2D eigenvalue weighted by Gasteiger charge is -2.16. The van der Waals surface area contributed by atoms with Crippen molar-refractivity contribution in [2.24, 2.45) is 0 Å². The van der Waals surface area contributed by atoms with Crippen LogP contribution in [-0.4, -0.2) is 59.4 Å². The molecule has 10 nitrogen and oxygen atoms in total. The number of hydrogen-bond acceptors (Lipinski definition) is 8. The Kier molecular flexibility index (Phi) is 6.73. The van der Waals surface area contributed by atoms with E-state index in [1.165, 1.54) is 48.8 Å². The van der Waals surface area contributed by atoms with E-state index in [0.29, 0.717) is 21.0 Å². The van der Waals surface area contributed by atoms with Gasteiger partial charge in [-0.25, -0.2) is 8.42 Å². The molecular weight excluding hydrogens is 452 g/mol. The van der Waals surface area contributed by atoms with Crippen molar-refractivity contribution in [3.8, 4) is 5.69 Å². The van der Waals surface area contributed by atoms with Crippen molar-refractivity contribution in [3.63, 3.8) is 0 Å². The smallest absolute Gasteiger partial charge is 0.266 e. The van der Waals surface area contributed by atoms with Gasteiger partial charge < -0.3 is 5.32 Å². The van der Waals surface area contributed by atoms with Gasteiger partial charge in [-0.1, -0.05) is 33.9 Å². The molecule has 1 aromatic heterocycles. The summed E-state index contributed by atoms with van der Waals surface area (Å²) < 4.78 is 27.2. The number of carbonyl (C=O) groups excluding carboxylic acids is 1. The lowest BCUT2D eigenvalue weighted by Crippen LogP contribution is -2.26. The molecule has 1 N–H and O–H groups in total. The van der Waals surface area contributed by atoms with E-state index in [0.717, 1.165) is 0 Å². The monoisotopic (exact) mass is 468 g/mol. The third-order valence-electron chi connectivity index (χ3n) is 4.04. The number of carbonyl (C=O) groups is 1. The number of anilines is 1. The van der Waals surface area contributed by atoms with E-state index in [9.17, 15) is 13.2 Å². The Morgan fingerprint density at radius 2 is 2.03 bits per heavy atom. The maximum Gasteiger partial charge on any atom is 0.266 e. The lowest BCUT2D eigenvalue weighted by molar-refractivity contribution is -0.0258. The van der Waals surface area contributed by atoms with Crippen LogP contribution in [0, 0.1) is 0 Å². The van der Waals surface area contributed by atoms with Crippen molar-refractivity contribution in [2.75, 3.05) is 25.7 Å². The molecule has 2 aromatic carbocycles. The first-order valence-electron chi connectivity index (χ1n) is 8.34. The first kappa shape index (κ1) is 22.2. The van der Waals surface area contributed by atoms with Gasteiger partial charge in [0, 0.05) is 18.3 Å². The Morgan fingerprint density at radius 3 is 2.73 bits per heavy atom. The second-order valence-electron chi connectivity index (χ2n) is 5.82. The van der Waals surface area contributed by atoms with Crippen molar-refractivity contribution in [1.29, 1.82) is 0 Å². The van der Waals surface area contributed by atoms with E-state index in [4.69, 9.17) is 16.4 Å². The molecule has 1 amide bonds. The van der Waals surface area contributed by atoms with Crippen LogP contribution < -0.4 is 5.32 Å². The minimum atomic E-state index is -4.02. The van der Waals surface area contributed by atoms with E-state index >= 15 is 0 Å². The number of hydrogen-bond donors (Lipinski definition) is 1. The third kappa shape index (κ3) is 4.47. The first-order chi connectivity index (χ1) is 14.3. The predicted molar refractivity (Wildman–Crippen MR) is 112 cm³/mol. The maximum absolute atomic E-state index is 12.7. The van der Waals surface area contributed by atoms with Crippen LogP contribution in [0.1, 0.15) is 10.4 Å². The van der Waals surface area contributed by atoms with Crippen LogP contribution in [0.2, 0.25) is 5.02 Å². The van der Waals surface area contributed by atoms with Crippen molar-refractivity contribution < 1.29 is 18.0 Å². The zero-order valence-corrected chi connectivity index (χ0v) is 18.5. The number of sulfonamides is 1. The third-order valence-corrected chi connectivity index (χ3v) is 6.82. The highest BCUT2D eigenvalue weighted by molar-refractivity contribution is 7.98. The molecule has 0 fully saturated rings. The predicted octanol–water partition coefficient (Wildman–Crippen LogP) is 2.47. The van der Waals surface area contributed by atoms with Gasteiger partial charge >= 0.3 is 0 Å². The standard InChI is InChI=1S/C17H17ClN6O4S2/c1-23(28-2)30(26,27)15-9-11(7-8-14(15)18)16(25)19-12-5-4-6-13(10-12)24-17(29-3)20-21-22-24/h4-10H,1-3H3,(H,19,25). The number of nitrogens with one attached hydrogen (secondary N) is 1. The quantitative estimate of drug-likeness (QED) is 0.415. The van der Waals surface area contributed by atoms with Crippen LogP contribution in [-0.2, 0) is 14.9 Å². The average molecular weight is 469 g/mol. The van der Waals surface area contributed by atoms with Gasteiger partial charge in [0.25, 0.3) is 15.9 Å². The van der Waals surface area contributed by atoms with Crippen LogP contribution in [0.5, 0.6) is 0 Å². The summed E-state index contributed by atoms with van der Waals surface area (Å²) in [4.78, 5) is 17.2. The van der Waals surface area contributed by atoms with Crippen molar-refractivity contribution >= 4 is 45.0 Å². The molecule has 0 radical (unpaired) electrons. The van der Waals surface area contributed by atoms with E-state index in [-0.39, 0.29) is 15.5 Å². The first-order valence-corrected chi connectivity index (χ1v) is 11.4. The molecule has 158 valence electrons. The number of rotatable bonds is 7. The normalized spacial score (nSPS) is 11.6. The summed E-state index contributed by atoms with van der Waals surface area (Å²) in [6.07, 6.45) is 1.85. The second kappa shape index (κ2) is 9.10. The van der Waals surface area contributed by atoms with Gasteiger partial charge in [0.2, 0.25) is 5.16 Å². The second-order valence-corrected chi connectivity index (χ2v) is 8.91. The van der Waals surface area contributed by atoms with E-state index in [1.807, 2.05) is 6.26 Å². The van der Waals surface area contributed by atoms with Crippen LogP contribution in [0.4, 0.5) is 5.69 Å². The molecule has 0 spiro atoms. The molecular formula is C17H17ClN6O4S2. The minimum Gasteiger partial charge on any atom is -0.322 e. The largest absolute Gasteiger partial charge is 0.322 e. The number of aromatic nitrogens is 4. The van der Waals surface area contributed by atoms with E-state index < -0.39 is 15.9 Å². The number of nitrogens with zero attached hydrogens (tertiary/aromatic N) is 5. The van der Waals surface area contributed by atoms with Crippen molar-refractivity contribution in [2.45, 2.75) is 10.1 Å². The molecule has 0 saturated carbocycles. The van der Waals surface area contributed by atoms with Gasteiger partial charge in [0.15, 0.2) is 0 Å². The fraction of sp³-hybridized carbons (Fsp3) is 0.176. The Bertz CT molecular complexity index is 1180. The molecule has 0 saturated heterocycles. The van der Waals surface area contributed by atoms with Crippen LogP contribution in [0.3, 0.4) is 0 Å². The SMILES string of the molecule is CON(C)S(=O)(=O)c1cc(C(=O)Nc2cccc(-n3nnnc3SC)c2)ccc1Cl. The fourth-order valence-electron chi connectivity index (χ4n) is 2.47. The minimum absolute atomic E-state index is 0.0271. The summed E-state index contributed by atoms with van der Waals surface area (Å²) >= 11 is 7.42. The number of thioether (sulfide) groups is 1. The van der Waals surface area contributed by atoms with Gasteiger partial charge in [0.05, 0.1) is 17.8 Å². The lowest BCUT2D eigenvalue weighted by atomic mass is 10.2. The van der Waals surface area contributed by atoms with Crippen LogP contribution in [0.15, 0.2) is 52.5 Å². The highest BCUT2D eigenvalue weighted by Gasteiger charge is 2.25. The summed E-state index contributed by atoms with van der Waals surface area (Å²) in [5.74, 6) is -0.512. The Hall–Kier alpha value is -2.51. The number of hydroxylamine groups is 1. The molecule has 0 atom stereocenters. The number of tetrazole rings is 1. The Morgan fingerprint density at radius 1 is 1.27 bits per heavy atom. The summed E-state index contributed by atoms with van der Waals surface area (Å²) in [7, 11) is -1.58. The van der Waals surface area contributed by atoms with Crippen molar-refractivity contribution in [1.82, 2.24) is 24.7 Å².